The van der Waals surface area contributed by atoms with Gasteiger partial charge in [-0.15, -0.1) is 0 Å². The number of amides is 2. The number of fused-ring (bicyclic) bond motifs is 1. The third-order valence-corrected chi connectivity index (χ3v) is 6.60. The molecule has 0 bridgehead atoms. The Morgan fingerprint density at radius 2 is 1.49 bits per heavy atom. The number of piperazine rings is 1. The second-order valence-corrected chi connectivity index (χ2v) is 9.11. The second-order valence-electron chi connectivity index (χ2n) is 9.11. The van der Waals surface area contributed by atoms with Crippen molar-refractivity contribution in [1.29, 1.82) is 0 Å². The van der Waals surface area contributed by atoms with E-state index in [1.807, 2.05) is 36.5 Å². The Kier molecular flexibility index (Phi) is 6.65. The van der Waals surface area contributed by atoms with Crippen LogP contribution in [0.4, 0.5) is 32.2 Å². The first-order valence-corrected chi connectivity index (χ1v) is 12.6. The van der Waals surface area contributed by atoms with E-state index in [0.29, 0.717) is 5.69 Å². The van der Waals surface area contributed by atoms with E-state index in [9.17, 15) is 9.18 Å². The zero-order valence-corrected chi connectivity index (χ0v) is 21.0. The first-order chi connectivity index (χ1) is 19.1. The number of para-hydroxylation sites is 1. The largest absolute Gasteiger partial charge is 0.352 e. The van der Waals surface area contributed by atoms with Crippen LogP contribution in [-0.2, 0) is 0 Å². The highest BCUT2D eigenvalue weighted by molar-refractivity contribution is 6.00. The molecule has 9 nitrogen and oxygen atoms in total. The summed E-state index contributed by atoms with van der Waals surface area (Å²) in [5.41, 5.74) is 4.31. The van der Waals surface area contributed by atoms with E-state index in [0.717, 1.165) is 60.0 Å². The van der Waals surface area contributed by atoms with Crippen molar-refractivity contribution in [1.82, 2.24) is 19.9 Å². The Hall–Kier alpha value is -5.12. The lowest BCUT2D eigenvalue weighted by Crippen LogP contribution is -2.47. The van der Waals surface area contributed by atoms with Crippen LogP contribution >= 0.6 is 0 Å². The molecule has 10 heteroatoms. The maximum absolute atomic E-state index is 13.8. The van der Waals surface area contributed by atoms with E-state index in [2.05, 4.69) is 35.4 Å². The summed E-state index contributed by atoms with van der Waals surface area (Å²) in [5.74, 6) is 1.24. The molecule has 0 unspecified atom stereocenters. The molecule has 3 heterocycles. The fourth-order valence-corrected chi connectivity index (χ4v) is 4.55. The minimum absolute atomic E-state index is 0.121. The number of rotatable bonds is 5. The smallest absolute Gasteiger partial charge is 0.323 e. The zero-order valence-electron chi connectivity index (χ0n) is 21.0. The molecule has 2 amide bonds. The van der Waals surface area contributed by atoms with Crippen molar-refractivity contribution in [2.75, 3.05) is 46.6 Å². The second kappa shape index (κ2) is 10.7. The third-order valence-electron chi connectivity index (χ3n) is 6.60. The Morgan fingerprint density at radius 1 is 0.744 bits per heavy atom. The molecule has 194 valence electrons. The number of carbonyl (C=O) groups excluding carboxylic acids is 1. The lowest BCUT2D eigenvalue weighted by Gasteiger charge is -2.35. The normalized spacial score (nSPS) is 13.4. The van der Waals surface area contributed by atoms with Gasteiger partial charge in [-0.05, 0) is 47.5 Å². The van der Waals surface area contributed by atoms with Crippen LogP contribution in [0.3, 0.4) is 0 Å². The monoisotopic (exact) mass is 520 g/mol. The molecule has 0 atom stereocenters. The summed E-state index contributed by atoms with van der Waals surface area (Å²) in [6.07, 6.45) is 7.01. The van der Waals surface area contributed by atoms with E-state index in [1.165, 1.54) is 12.1 Å². The maximum atomic E-state index is 13.8. The van der Waals surface area contributed by atoms with E-state index in [4.69, 9.17) is 4.98 Å². The van der Waals surface area contributed by atoms with Crippen molar-refractivity contribution < 1.29 is 9.18 Å². The van der Waals surface area contributed by atoms with Gasteiger partial charge in [0.2, 0.25) is 0 Å². The highest BCUT2D eigenvalue weighted by Gasteiger charge is 2.20. The van der Waals surface area contributed by atoms with Gasteiger partial charge in [0.1, 0.15) is 17.5 Å². The summed E-state index contributed by atoms with van der Waals surface area (Å²) >= 11 is 0. The number of halogens is 1. The molecule has 1 saturated heterocycles. The minimum Gasteiger partial charge on any atom is -0.352 e. The molecule has 2 aromatic heterocycles. The molecule has 1 aliphatic heterocycles. The van der Waals surface area contributed by atoms with E-state index >= 15 is 0 Å². The lowest BCUT2D eigenvalue weighted by atomic mass is 10.0. The summed E-state index contributed by atoms with van der Waals surface area (Å²) < 4.78 is 13.8. The van der Waals surface area contributed by atoms with Crippen molar-refractivity contribution in [2.24, 2.45) is 0 Å². The molecule has 2 N–H and O–H groups in total. The quantitative estimate of drug-likeness (QED) is 0.329. The number of urea groups is 1. The summed E-state index contributed by atoms with van der Waals surface area (Å²) in [6, 6.07) is 18.9. The molecule has 1 fully saturated rings. The number of hydrogen-bond donors (Lipinski definition) is 2. The Morgan fingerprint density at radius 3 is 2.23 bits per heavy atom. The van der Waals surface area contributed by atoms with Crippen LogP contribution in [0.25, 0.3) is 22.2 Å². The van der Waals surface area contributed by atoms with Crippen LogP contribution in [0.1, 0.15) is 0 Å². The van der Waals surface area contributed by atoms with E-state index in [1.54, 1.807) is 42.9 Å². The average Bonchev–Trinajstić information content (AvgIpc) is 2.99. The fraction of sp³-hybridized carbons (Fsp3) is 0.138. The van der Waals surface area contributed by atoms with Crippen LogP contribution in [0.5, 0.6) is 0 Å². The first-order valence-electron chi connectivity index (χ1n) is 12.6. The van der Waals surface area contributed by atoms with Gasteiger partial charge in [-0.1, -0.05) is 30.3 Å². The van der Waals surface area contributed by atoms with Gasteiger partial charge in [0.05, 0.1) is 29.1 Å². The molecule has 1 aliphatic rings. The summed E-state index contributed by atoms with van der Waals surface area (Å²) in [4.78, 5) is 34.8. The lowest BCUT2D eigenvalue weighted by molar-refractivity contribution is 0.262. The molecule has 0 aliphatic carbocycles. The van der Waals surface area contributed by atoms with Crippen molar-refractivity contribution >= 4 is 40.1 Å². The molecular formula is C29H25FN8O. The number of hydrogen-bond acceptors (Lipinski definition) is 7. The van der Waals surface area contributed by atoms with Crippen molar-refractivity contribution in [3.05, 3.63) is 97.3 Å². The van der Waals surface area contributed by atoms with Gasteiger partial charge in [-0.3, -0.25) is 9.97 Å². The van der Waals surface area contributed by atoms with Crippen LogP contribution < -0.4 is 20.4 Å². The highest BCUT2D eigenvalue weighted by Crippen LogP contribution is 2.26. The summed E-state index contributed by atoms with van der Waals surface area (Å²) in [5, 5.41) is 5.24. The molecule has 39 heavy (non-hydrogen) atoms. The van der Waals surface area contributed by atoms with Crippen LogP contribution in [0.2, 0.25) is 0 Å². The predicted molar refractivity (Wildman–Crippen MR) is 150 cm³/mol. The van der Waals surface area contributed by atoms with Crippen molar-refractivity contribution in [3.63, 3.8) is 0 Å². The van der Waals surface area contributed by atoms with Gasteiger partial charge in [0.25, 0.3) is 0 Å². The van der Waals surface area contributed by atoms with Gasteiger partial charge in [0, 0.05) is 44.3 Å². The number of nitrogens with zero attached hydrogens (tertiary/aromatic N) is 6. The topological polar surface area (TPSA) is 99.2 Å². The summed E-state index contributed by atoms with van der Waals surface area (Å²) in [7, 11) is 0. The molecule has 3 aromatic carbocycles. The number of benzene rings is 3. The van der Waals surface area contributed by atoms with Gasteiger partial charge in [-0.25, -0.2) is 19.2 Å². The molecular weight excluding hydrogens is 495 g/mol. The van der Waals surface area contributed by atoms with Crippen LogP contribution in [-0.4, -0.2) is 52.1 Å². The van der Waals surface area contributed by atoms with Crippen LogP contribution in [0.15, 0.2) is 91.5 Å². The number of nitrogens with one attached hydrogen (secondary N) is 2. The Balaban J connectivity index is 1.13. The predicted octanol–water partition coefficient (Wildman–Crippen LogP) is 5.20. The number of carbonyl (C=O) groups is 1. The molecule has 0 saturated carbocycles. The first kappa shape index (κ1) is 24.2. The summed E-state index contributed by atoms with van der Waals surface area (Å²) in [6.45, 7) is 3.29. The Labute approximate surface area is 224 Å². The SMILES string of the molecule is O=C(Nc1ccc(-c2ccc3ncc(N4CCN(c5cnccn5)CC4)nc3c2)cc1)Nc1ccccc1F. The third kappa shape index (κ3) is 5.45. The van der Waals surface area contributed by atoms with E-state index < -0.39 is 11.8 Å². The van der Waals surface area contributed by atoms with Gasteiger partial charge >= 0.3 is 6.03 Å². The standard InChI is InChI=1S/C29H25FN8O/c30-23-3-1-2-4-24(23)36-29(39)34-22-8-5-20(6-9-22)21-7-10-25-26(17-21)35-28(19-33-25)38-15-13-37(14-16-38)27-18-31-11-12-32-27/h1-12,17-19H,13-16H2,(H2,34,36,39). The highest BCUT2D eigenvalue weighted by atomic mass is 19.1. The minimum atomic E-state index is -0.515. The number of anilines is 4. The molecule has 0 spiro atoms. The van der Waals surface area contributed by atoms with Gasteiger partial charge in [-0.2, -0.15) is 0 Å². The maximum Gasteiger partial charge on any atom is 0.323 e. The molecule has 6 rings (SSSR count). The van der Waals surface area contributed by atoms with Crippen molar-refractivity contribution in [2.45, 2.75) is 0 Å². The van der Waals surface area contributed by atoms with E-state index in [-0.39, 0.29) is 5.69 Å². The zero-order chi connectivity index (χ0) is 26.6. The van der Waals surface area contributed by atoms with Crippen molar-refractivity contribution in [3.8, 4) is 11.1 Å². The molecule has 5 aromatic rings. The fourth-order valence-electron chi connectivity index (χ4n) is 4.55. The van der Waals surface area contributed by atoms with Gasteiger partial charge in [0.15, 0.2) is 0 Å². The average molecular weight is 521 g/mol. The molecule has 0 radical (unpaired) electrons. The van der Waals surface area contributed by atoms with Crippen LogP contribution in [0, 0.1) is 5.82 Å². The Bertz CT molecular complexity index is 1610. The van der Waals surface area contributed by atoms with Gasteiger partial charge < -0.3 is 20.4 Å². The number of aromatic nitrogens is 4.